The van der Waals surface area contributed by atoms with Crippen LogP contribution in [0.2, 0.25) is 0 Å². The Hall–Kier alpha value is -2.20. The van der Waals surface area contributed by atoms with Crippen molar-refractivity contribution >= 4 is 39.2 Å². The Labute approximate surface area is 151 Å². The average molecular weight is 378 g/mol. The number of hydrogen-bond donors (Lipinski definition) is 2. The molecule has 0 aliphatic rings. The number of nitrogens with zero attached hydrogens (tertiary/aromatic N) is 4. The summed E-state index contributed by atoms with van der Waals surface area (Å²) in [5.41, 5.74) is 6.04. The van der Waals surface area contributed by atoms with E-state index in [0.717, 1.165) is 15.3 Å². The zero-order valence-electron chi connectivity index (χ0n) is 14.1. The average Bonchev–Trinajstić information content (AvgIpc) is 3.04. The fraction of sp³-hybridized carbons (Fsp3) is 0.400. The Morgan fingerprint density at radius 3 is 2.84 bits per heavy atom. The van der Waals surface area contributed by atoms with Crippen LogP contribution in [0.25, 0.3) is 10.2 Å². The standard InChI is InChI=1S/C15H18N6O2S2/c1-7-8(2)25-14-12(7)13(23)17-10(18-14)6-24-15-20-19-11(21(15)3)5-4-9(16)22/h4-6H2,1-3H3,(H2,16,22)(H,17,18,23). The van der Waals surface area contributed by atoms with Gasteiger partial charge in [-0.15, -0.1) is 21.5 Å². The third-order valence-electron chi connectivity index (χ3n) is 3.95. The molecule has 10 heteroatoms. The second kappa shape index (κ2) is 6.96. The van der Waals surface area contributed by atoms with Crippen molar-refractivity contribution in [1.29, 1.82) is 0 Å². The molecule has 3 rings (SSSR count). The van der Waals surface area contributed by atoms with Gasteiger partial charge in [-0.2, -0.15) is 0 Å². The quantitative estimate of drug-likeness (QED) is 0.626. The highest BCUT2D eigenvalue weighted by atomic mass is 32.2. The van der Waals surface area contributed by atoms with E-state index in [1.165, 1.54) is 23.1 Å². The fourth-order valence-electron chi connectivity index (χ4n) is 2.42. The predicted octanol–water partition coefficient (Wildman–Crippen LogP) is 1.44. The maximum atomic E-state index is 12.3. The molecule has 0 spiro atoms. The molecule has 0 aliphatic carbocycles. The van der Waals surface area contributed by atoms with Crippen LogP contribution < -0.4 is 11.3 Å². The molecule has 0 fully saturated rings. The summed E-state index contributed by atoms with van der Waals surface area (Å²) in [6.45, 7) is 3.93. The number of rotatable bonds is 6. The highest BCUT2D eigenvalue weighted by Crippen LogP contribution is 2.27. The van der Waals surface area contributed by atoms with E-state index in [1.807, 2.05) is 25.5 Å². The summed E-state index contributed by atoms with van der Waals surface area (Å²) in [4.78, 5) is 32.4. The van der Waals surface area contributed by atoms with Crippen LogP contribution in [-0.4, -0.2) is 30.6 Å². The number of nitrogens with one attached hydrogen (secondary N) is 1. The molecule has 3 heterocycles. The van der Waals surface area contributed by atoms with Gasteiger partial charge >= 0.3 is 0 Å². The normalized spacial score (nSPS) is 11.3. The number of amides is 1. The first kappa shape index (κ1) is 17.6. The molecule has 0 radical (unpaired) electrons. The molecule has 0 bridgehead atoms. The molecule has 0 saturated carbocycles. The summed E-state index contributed by atoms with van der Waals surface area (Å²) in [7, 11) is 1.84. The first-order valence-electron chi connectivity index (χ1n) is 7.65. The number of aryl methyl sites for hydroxylation is 3. The van der Waals surface area contributed by atoms with Gasteiger partial charge in [0, 0.05) is 24.8 Å². The first-order valence-corrected chi connectivity index (χ1v) is 9.45. The summed E-state index contributed by atoms with van der Waals surface area (Å²) in [5.74, 6) is 1.41. The number of primary amides is 1. The molecule has 3 N–H and O–H groups in total. The SMILES string of the molecule is Cc1sc2nc(CSc3nnc(CCC(N)=O)n3C)[nH]c(=O)c2c1C. The third kappa shape index (κ3) is 3.59. The van der Waals surface area contributed by atoms with Crippen LogP contribution in [0, 0.1) is 13.8 Å². The smallest absolute Gasteiger partial charge is 0.259 e. The van der Waals surface area contributed by atoms with Gasteiger partial charge in [0.15, 0.2) is 5.16 Å². The summed E-state index contributed by atoms with van der Waals surface area (Å²) in [5, 5.41) is 9.56. The van der Waals surface area contributed by atoms with Gasteiger partial charge in [0.25, 0.3) is 5.56 Å². The molecule has 0 saturated heterocycles. The third-order valence-corrected chi connectivity index (χ3v) is 6.08. The van der Waals surface area contributed by atoms with Gasteiger partial charge in [0.2, 0.25) is 5.91 Å². The second-order valence-corrected chi connectivity index (χ2v) is 7.83. The number of hydrogen-bond acceptors (Lipinski definition) is 7. The Morgan fingerprint density at radius 2 is 2.12 bits per heavy atom. The highest BCUT2D eigenvalue weighted by Gasteiger charge is 2.14. The van der Waals surface area contributed by atoms with Gasteiger partial charge < -0.3 is 15.3 Å². The summed E-state index contributed by atoms with van der Waals surface area (Å²) in [6.07, 6.45) is 0.688. The van der Waals surface area contributed by atoms with E-state index in [-0.39, 0.29) is 17.9 Å². The zero-order chi connectivity index (χ0) is 18.1. The van der Waals surface area contributed by atoms with E-state index in [1.54, 1.807) is 0 Å². The van der Waals surface area contributed by atoms with Crippen molar-refractivity contribution in [2.75, 3.05) is 0 Å². The van der Waals surface area contributed by atoms with Crippen molar-refractivity contribution < 1.29 is 4.79 Å². The molecule has 3 aromatic rings. The molecule has 25 heavy (non-hydrogen) atoms. The molecule has 0 unspecified atom stereocenters. The number of thiophene rings is 1. The van der Waals surface area contributed by atoms with E-state index in [0.29, 0.717) is 34.4 Å². The maximum Gasteiger partial charge on any atom is 0.259 e. The lowest BCUT2D eigenvalue weighted by atomic mass is 10.2. The summed E-state index contributed by atoms with van der Waals surface area (Å²) < 4.78 is 1.82. The largest absolute Gasteiger partial charge is 0.370 e. The maximum absolute atomic E-state index is 12.3. The van der Waals surface area contributed by atoms with Gasteiger partial charge in [-0.1, -0.05) is 11.8 Å². The van der Waals surface area contributed by atoms with E-state index < -0.39 is 0 Å². The molecular formula is C15H18N6O2S2. The minimum Gasteiger partial charge on any atom is -0.370 e. The van der Waals surface area contributed by atoms with Crippen LogP contribution in [0.1, 0.15) is 28.5 Å². The Bertz CT molecular complexity index is 1000. The van der Waals surface area contributed by atoms with E-state index in [9.17, 15) is 9.59 Å². The molecule has 3 aromatic heterocycles. The molecule has 0 aromatic carbocycles. The molecular weight excluding hydrogens is 360 g/mol. The number of aromatic nitrogens is 5. The number of carbonyl (C=O) groups is 1. The molecule has 132 valence electrons. The Morgan fingerprint density at radius 1 is 1.36 bits per heavy atom. The number of carbonyl (C=O) groups excluding carboxylic acids is 1. The minimum atomic E-state index is -0.367. The van der Waals surface area contributed by atoms with Gasteiger partial charge in [0.1, 0.15) is 16.5 Å². The van der Waals surface area contributed by atoms with Crippen molar-refractivity contribution in [1.82, 2.24) is 24.7 Å². The van der Waals surface area contributed by atoms with Crippen molar-refractivity contribution in [3.8, 4) is 0 Å². The van der Waals surface area contributed by atoms with Crippen LogP contribution in [-0.2, 0) is 24.0 Å². The predicted molar refractivity (Wildman–Crippen MR) is 97.8 cm³/mol. The van der Waals surface area contributed by atoms with Crippen molar-refractivity contribution in [2.45, 2.75) is 37.6 Å². The first-order chi connectivity index (χ1) is 11.9. The second-order valence-electron chi connectivity index (χ2n) is 5.69. The number of thioether (sulfide) groups is 1. The van der Waals surface area contributed by atoms with Crippen molar-refractivity contribution in [3.63, 3.8) is 0 Å². The van der Waals surface area contributed by atoms with Gasteiger partial charge in [0.05, 0.1) is 11.1 Å². The topological polar surface area (TPSA) is 120 Å². The number of H-pyrrole nitrogens is 1. The number of aromatic amines is 1. The summed E-state index contributed by atoms with van der Waals surface area (Å²) in [6, 6.07) is 0. The lowest BCUT2D eigenvalue weighted by Gasteiger charge is -2.03. The van der Waals surface area contributed by atoms with Crippen LogP contribution in [0.4, 0.5) is 0 Å². The highest BCUT2D eigenvalue weighted by molar-refractivity contribution is 7.98. The zero-order valence-corrected chi connectivity index (χ0v) is 15.8. The monoisotopic (exact) mass is 378 g/mol. The lowest BCUT2D eigenvalue weighted by Crippen LogP contribution is -2.13. The van der Waals surface area contributed by atoms with Crippen molar-refractivity contribution in [3.05, 3.63) is 32.4 Å². The fourth-order valence-corrected chi connectivity index (χ4v) is 4.27. The van der Waals surface area contributed by atoms with Crippen LogP contribution in [0.5, 0.6) is 0 Å². The molecule has 1 amide bonds. The Kier molecular flexibility index (Phi) is 4.91. The number of fused-ring (bicyclic) bond motifs is 1. The molecule has 0 atom stereocenters. The van der Waals surface area contributed by atoms with E-state index >= 15 is 0 Å². The molecule has 0 aliphatic heterocycles. The van der Waals surface area contributed by atoms with Crippen molar-refractivity contribution in [2.24, 2.45) is 12.8 Å². The minimum absolute atomic E-state index is 0.109. The van der Waals surface area contributed by atoms with Gasteiger partial charge in [-0.05, 0) is 19.4 Å². The van der Waals surface area contributed by atoms with Gasteiger partial charge in [-0.25, -0.2) is 4.98 Å². The lowest BCUT2D eigenvalue weighted by molar-refractivity contribution is -0.118. The Balaban J connectivity index is 1.77. The van der Waals surface area contributed by atoms with Crippen LogP contribution >= 0.6 is 23.1 Å². The number of nitrogens with two attached hydrogens (primary N) is 1. The van der Waals surface area contributed by atoms with E-state index in [4.69, 9.17) is 5.73 Å². The van der Waals surface area contributed by atoms with E-state index in [2.05, 4.69) is 20.2 Å². The summed E-state index contributed by atoms with van der Waals surface area (Å²) >= 11 is 2.96. The van der Waals surface area contributed by atoms with Gasteiger partial charge in [-0.3, -0.25) is 9.59 Å². The van der Waals surface area contributed by atoms with Crippen LogP contribution in [0.15, 0.2) is 9.95 Å². The van der Waals surface area contributed by atoms with Crippen LogP contribution in [0.3, 0.4) is 0 Å². The molecule has 8 nitrogen and oxygen atoms in total.